The van der Waals surface area contributed by atoms with Gasteiger partial charge in [-0.3, -0.25) is 0 Å². The number of nitriles is 1. The maximum Gasteiger partial charge on any atom is 0.152 e. The van der Waals surface area contributed by atoms with Crippen LogP contribution in [0.25, 0.3) is 10.7 Å². The zero-order valence-corrected chi connectivity index (χ0v) is 12.7. The molecule has 21 heavy (non-hydrogen) atoms. The van der Waals surface area contributed by atoms with Gasteiger partial charge in [-0.2, -0.15) is 5.26 Å². The van der Waals surface area contributed by atoms with E-state index in [1.165, 1.54) is 0 Å². The molecule has 3 rings (SSSR count). The quantitative estimate of drug-likeness (QED) is 0.717. The first-order chi connectivity index (χ1) is 10.3. The van der Waals surface area contributed by atoms with Crippen LogP contribution in [-0.2, 0) is 13.0 Å². The molecule has 1 aromatic carbocycles. The number of rotatable bonds is 4. The molecule has 0 fully saturated rings. The summed E-state index contributed by atoms with van der Waals surface area (Å²) in [7, 11) is 0. The van der Waals surface area contributed by atoms with Crippen LogP contribution in [0.5, 0.6) is 0 Å². The Kier molecular flexibility index (Phi) is 4.05. The normalized spacial score (nSPS) is 10.5. The van der Waals surface area contributed by atoms with E-state index in [4.69, 9.17) is 16.9 Å². The fourth-order valence-corrected chi connectivity index (χ4v) is 3.20. The van der Waals surface area contributed by atoms with Gasteiger partial charge >= 0.3 is 0 Å². The van der Waals surface area contributed by atoms with Crippen LogP contribution in [0, 0.1) is 11.3 Å². The number of imidazole rings is 1. The molecule has 0 atom stereocenters. The summed E-state index contributed by atoms with van der Waals surface area (Å²) in [6, 6.07) is 16.3. The minimum absolute atomic E-state index is 0.254. The highest BCUT2D eigenvalue weighted by Gasteiger charge is 2.17. The van der Waals surface area contributed by atoms with Gasteiger partial charge in [0.15, 0.2) is 11.0 Å². The molecule has 0 aliphatic carbocycles. The Morgan fingerprint density at radius 1 is 1.19 bits per heavy atom. The van der Waals surface area contributed by atoms with Crippen molar-refractivity contribution in [1.29, 1.82) is 5.26 Å². The van der Waals surface area contributed by atoms with Crippen molar-refractivity contribution < 1.29 is 0 Å². The number of halogens is 1. The molecular weight excluding hydrogens is 302 g/mol. The van der Waals surface area contributed by atoms with Crippen molar-refractivity contribution in [3.8, 4) is 16.8 Å². The lowest BCUT2D eigenvalue weighted by atomic mass is 10.2. The van der Waals surface area contributed by atoms with E-state index in [1.54, 1.807) is 11.3 Å². The highest BCUT2D eigenvalue weighted by atomic mass is 35.5. The van der Waals surface area contributed by atoms with Crippen molar-refractivity contribution in [3.05, 3.63) is 64.3 Å². The van der Waals surface area contributed by atoms with E-state index >= 15 is 0 Å². The van der Waals surface area contributed by atoms with Gasteiger partial charge in [0.2, 0.25) is 0 Å². The molecule has 3 nitrogen and oxygen atoms in total. The van der Waals surface area contributed by atoms with E-state index in [0.717, 1.165) is 22.0 Å². The third-order valence-corrected chi connectivity index (χ3v) is 4.36. The van der Waals surface area contributed by atoms with Gasteiger partial charge in [-0.05, 0) is 17.0 Å². The van der Waals surface area contributed by atoms with Crippen molar-refractivity contribution in [2.24, 2.45) is 0 Å². The number of aromatic nitrogens is 2. The van der Waals surface area contributed by atoms with E-state index < -0.39 is 0 Å². The van der Waals surface area contributed by atoms with Crippen LogP contribution in [0.4, 0.5) is 0 Å². The first-order valence-corrected chi connectivity index (χ1v) is 7.75. The van der Waals surface area contributed by atoms with E-state index in [9.17, 15) is 0 Å². The van der Waals surface area contributed by atoms with Crippen LogP contribution >= 0.6 is 22.9 Å². The molecule has 2 aromatic heterocycles. The summed E-state index contributed by atoms with van der Waals surface area (Å²) < 4.78 is 2.03. The second kappa shape index (κ2) is 6.13. The first-order valence-electron chi connectivity index (χ1n) is 6.49. The highest BCUT2D eigenvalue weighted by molar-refractivity contribution is 7.13. The van der Waals surface area contributed by atoms with Crippen LogP contribution in [0.1, 0.15) is 11.3 Å². The molecule has 0 saturated carbocycles. The largest absolute Gasteiger partial charge is 0.321 e. The van der Waals surface area contributed by atoms with Gasteiger partial charge in [0.25, 0.3) is 0 Å². The fourth-order valence-electron chi connectivity index (χ4n) is 2.23. The molecule has 0 N–H and O–H groups in total. The zero-order chi connectivity index (χ0) is 14.7. The van der Waals surface area contributed by atoms with Crippen molar-refractivity contribution in [2.45, 2.75) is 13.0 Å². The zero-order valence-electron chi connectivity index (χ0n) is 11.2. The van der Waals surface area contributed by atoms with Crippen LogP contribution in [0.3, 0.4) is 0 Å². The SMILES string of the molecule is N#CCc1c(Cl)nc(-c2cccs2)n1Cc1ccccc1. The predicted molar refractivity (Wildman–Crippen MR) is 85.4 cm³/mol. The average Bonchev–Trinajstić information content (AvgIpc) is 3.12. The lowest BCUT2D eigenvalue weighted by molar-refractivity contribution is 0.769. The smallest absolute Gasteiger partial charge is 0.152 e. The lowest BCUT2D eigenvalue weighted by Gasteiger charge is -2.10. The summed E-state index contributed by atoms with van der Waals surface area (Å²) in [4.78, 5) is 5.51. The molecule has 0 aliphatic heterocycles. The monoisotopic (exact) mass is 313 g/mol. The molecule has 0 amide bonds. The molecule has 0 saturated heterocycles. The molecule has 3 aromatic rings. The summed E-state index contributed by atoms with van der Waals surface area (Å²) in [6.45, 7) is 0.658. The van der Waals surface area contributed by atoms with Gasteiger partial charge in [0, 0.05) is 6.54 Å². The maximum atomic E-state index is 9.03. The number of nitrogens with zero attached hydrogens (tertiary/aromatic N) is 3. The van der Waals surface area contributed by atoms with Gasteiger partial charge in [0.05, 0.1) is 23.1 Å². The van der Waals surface area contributed by atoms with Crippen LogP contribution in [0.2, 0.25) is 5.15 Å². The Labute approximate surface area is 132 Å². The van der Waals surface area contributed by atoms with Crippen LogP contribution in [0.15, 0.2) is 47.8 Å². The molecular formula is C16H12ClN3S. The molecule has 0 aliphatic rings. The summed E-state index contributed by atoms with van der Waals surface area (Å²) >= 11 is 7.85. The average molecular weight is 314 g/mol. The maximum absolute atomic E-state index is 9.03. The molecule has 0 unspecified atom stereocenters. The second-order valence-corrected chi connectivity index (χ2v) is 5.86. The third kappa shape index (κ3) is 2.85. The molecule has 0 spiro atoms. The summed E-state index contributed by atoms with van der Waals surface area (Å²) in [5.41, 5.74) is 1.93. The fraction of sp³-hybridized carbons (Fsp3) is 0.125. The summed E-state index contributed by atoms with van der Waals surface area (Å²) in [5.74, 6) is 0.823. The van der Waals surface area contributed by atoms with E-state index in [1.807, 2.05) is 40.3 Å². The van der Waals surface area contributed by atoms with Gasteiger partial charge in [0.1, 0.15) is 0 Å². The molecule has 0 bridgehead atoms. The second-order valence-electron chi connectivity index (χ2n) is 4.56. The van der Waals surface area contributed by atoms with Crippen LogP contribution in [-0.4, -0.2) is 9.55 Å². The van der Waals surface area contributed by atoms with E-state index in [0.29, 0.717) is 11.7 Å². The van der Waals surface area contributed by atoms with E-state index in [-0.39, 0.29) is 6.42 Å². The van der Waals surface area contributed by atoms with E-state index in [2.05, 4.69) is 23.2 Å². The Morgan fingerprint density at radius 2 is 2.00 bits per heavy atom. The van der Waals surface area contributed by atoms with Crippen molar-refractivity contribution >= 4 is 22.9 Å². The number of hydrogen-bond acceptors (Lipinski definition) is 3. The summed E-state index contributed by atoms with van der Waals surface area (Å²) in [6.07, 6.45) is 0.254. The van der Waals surface area contributed by atoms with Gasteiger partial charge in [-0.1, -0.05) is 48.0 Å². The molecule has 104 valence electrons. The number of benzene rings is 1. The lowest BCUT2D eigenvalue weighted by Crippen LogP contribution is -2.06. The Balaban J connectivity index is 2.09. The standard InChI is InChI=1S/C16H12ClN3S/c17-15-13(8-9-18)20(11-12-5-2-1-3-6-12)16(19-15)14-7-4-10-21-14/h1-7,10H,8,11H2. The first kappa shape index (κ1) is 13.9. The van der Waals surface area contributed by atoms with Gasteiger partial charge < -0.3 is 4.57 Å². The minimum atomic E-state index is 0.254. The number of thiophene rings is 1. The summed E-state index contributed by atoms with van der Waals surface area (Å²) in [5, 5.41) is 11.4. The van der Waals surface area contributed by atoms with Crippen molar-refractivity contribution in [2.75, 3.05) is 0 Å². The van der Waals surface area contributed by atoms with Crippen molar-refractivity contribution in [1.82, 2.24) is 9.55 Å². The molecule has 2 heterocycles. The predicted octanol–water partition coefficient (Wildman–Crippen LogP) is 4.38. The minimum Gasteiger partial charge on any atom is -0.321 e. The van der Waals surface area contributed by atoms with Crippen LogP contribution < -0.4 is 0 Å². The highest BCUT2D eigenvalue weighted by Crippen LogP contribution is 2.29. The molecule has 0 radical (unpaired) electrons. The van der Waals surface area contributed by atoms with Gasteiger partial charge in [-0.15, -0.1) is 11.3 Å². The molecule has 5 heteroatoms. The van der Waals surface area contributed by atoms with Gasteiger partial charge in [-0.25, -0.2) is 4.98 Å². The topological polar surface area (TPSA) is 41.6 Å². The van der Waals surface area contributed by atoms with Crippen molar-refractivity contribution in [3.63, 3.8) is 0 Å². The Bertz CT molecular complexity index is 770. The number of hydrogen-bond donors (Lipinski definition) is 0. The third-order valence-electron chi connectivity index (χ3n) is 3.20. The Hall–Kier alpha value is -2.09. The Morgan fingerprint density at radius 3 is 2.67 bits per heavy atom.